The molecule has 1 aromatic rings. The minimum atomic E-state index is -0.403. The van der Waals surface area contributed by atoms with Crippen molar-refractivity contribution in [3.63, 3.8) is 0 Å². The molecule has 0 bridgehead atoms. The Morgan fingerprint density at radius 1 is 1.47 bits per heavy atom. The number of para-hydroxylation sites is 1. The van der Waals surface area contributed by atoms with Gasteiger partial charge in [-0.2, -0.15) is 11.8 Å². The van der Waals surface area contributed by atoms with Gasteiger partial charge >= 0.3 is 0 Å². The van der Waals surface area contributed by atoms with E-state index in [4.69, 9.17) is 4.74 Å². The highest BCUT2D eigenvalue weighted by Gasteiger charge is 2.19. The van der Waals surface area contributed by atoms with Crippen LogP contribution in [-0.2, 0) is 6.42 Å². The third-order valence-corrected chi connectivity index (χ3v) is 4.20. The van der Waals surface area contributed by atoms with Gasteiger partial charge in [0.05, 0.1) is 12.7 Å². The topological polar surface area (TPSA) is 29.5 Å². The molecule has 0 amide bonds. The predicted molar refractivity (Wildman–Crippen MR) is 72.8 cm³/mol. The van der Waals surface area contributed by atoms with Crippen LogP contribution < -0.4 is 4.74 Å². The van der Waals surface area contributed by atoms with Gasteiger partial charge in [-0.1, -0.05) is 25.1 Å². The van der Waals surface area contributed by atoms with Crippen LogP contribution in [0.15, 0.2) is 18.2 Å². The molecule has 1 heterocycles. The minimum Gasteiger partial charge on any atom is -0.493 e. The highest BCUT2D eigenvalue weighted by atomic mass is 32.2. The molecule has 17 heavy (non-hydrogen) atoms. The van der Waals surface area contributed by atoms with Crippen molar-refractivity contribution in [2.24, 2.45) is 0 Å². The highest BCUT2D eigenvalue weighted by molar-refractivity contribution is 7.99. The van der Waals surface area contributed by atoms with Crippen LogP contribution >= 0.6 is 11.8 Å². The van der Waals surface area contributed by atoms with E-state index >= 15 is 0 Å². The van der Waals surface area contributed by atoms with Crippen molar-refractivity contribution < 1.29 is 9.84 Å². The van der Waals surface area contributed by atoms with E-state index in [9.17, 15) is 5.11 Å². The maximum absolute atomic E-state index is 10.2. The summed E-state index contributed by atoms with van der Waals surface area (Å²) in [6.45, 7) is 2.94. The van der Waals surface area contributed by atoms with Crippen LogP contribution in [0.1, 0.15) is 37.0 Å². The average Bonchev–Trinajstić information content (AvgIpc) is 2.38. The molecule has 1 N–H and O–H groups in total. The number of fused-ring (bicyclic) bond motifs is 1. The summed E-state index contributed by atoms with van der Waals surface area (Å²) < 4.78 is 5.71. The van der Waals surface area contributed by atoms with Crippen LogP contribution in [0, 0.1) is 0 Å². The summed E-state index contributed by atoms with van der Waals surface area (Å²) in [7, 11) is 0. The Bertz CT molecular complexity index is 365. The molecule has 0 aromatic heterocycles. The fraction of sp³-hybridized carbons (Fsp3) is 0.571. The molecular weight excluding hydrogens is 232 g/mol. The first-order valence-corrected chi connectivity index (χ1v) is 7.48. The van der Waals surface area contributed by atoms with Gasteiger partial charge in [0.25, 0.3) is 0 Å². The number of rotatable bonds is 5. The van der Waals surface area contributed by atoms with Gasteiger partial charge in [-0.15, -0.1) is 0 Å². The van der Waals surface area contributed by atoms with E-state index in [1.165, 1.54) is 5.56 Å². The summed E-state index contributed by atoms with van der Waals surface area (Å²) in [5.74, 6) is 2.80. The largest absolute Gasteiger partial charge is 0.493 e. The number of aliphatic hydroxyl groups excluding tert-OH is 1. The van der Waals surface area contributed by atoms with Gasteiger partial charge in [0, 0.05) is 11.3 Å². The molecule has 94 valence electrons. The molecule has 0 saturated carbocycles. The molecule has 1 aliphatic rings. The average molecular weight is 252 g/mol. The zero-order valence-electron chi connectivity index (χ0n) is 10.3. The van der Waals surface area contributed by atoms with Gasteiger partial charge < -0.3 is 9.84 Å². The van der Waals surface area contributed by atoms with Crippen LogP contribution in [-0.4, -0.2) is 23.2 Å². The first-order valence-electron chi connectivity index (χ1n) is 6.33. The molecule has 2 nitrogen and oxygen atoms in total. The Morgan fingerprint density at radius 2 is 2.35 bits per heavy atom. The first-order chi connectivity index (χ1) is 8.33. The number of thioether (sulfide) groups is 1. The summed E-state index contributed by atoms with van der Waals surface area (Å²) in [5, 5.41) is 10.2. The lowest BCUT2D eigenvalue weighted by molar-refractivity contribution is 0.192. The van der Waals surface area contributed by atoms with Gasteiger partial charge in [0.2, 0.25) is 0 Å². The molecule has 2 rings (SSSR count). The summed E-state index contributed by atoms with van der Waals surface area (Å²) in [4.78, 5) is 0. The maximum atomic E-state index is 10.2. The Morgan fingerprint density at radius 3 is 3.18 bits per heavy atom. The fourth-order valence-corrected chi connectivity index (χ4v) is 2.96. The zero-order valence-corrected chi connectivity index (χ0v) is 11.1. The second-order valence-electron chi connectivity index (χ2n) is 4.38. The molecule has 0 spiro atoms. The molecule has 0 saturated heterocycles. The highest BCUT2D eigenvalue weighted by Crippen LogP contribution is 2.34. The Hall–Kier alpha value is -0.670. The van der Waals surface area contributed by atoms with E-state index in [0.29, 0.717) is 0 Å². The van der Waals surface area contributed by atoms with Crippen molar-refractivity contribution >= 4 is 11.8 Å². The fourth-order valence-electron chi connectivity index (χ4n) is 2.11. The molecule has 1 aliphatic heterocycles. The van der Waals surface area contributed by atoms with Crippen molar-refractivity contribution in [2.45, 2.75) is 32.3 Å². The van der Waals surface area contributed by atoms with Crippen molar-refractivity contribution in [3.8, 4) is 5.75 Å². The summed E-state index contributed by atoms with van der Waals surface area (Å²) >= 11 is 1.80. The van der Waals surface area contributed by atoms with E-state index in [2.05, 4.69) is 13.0 Å². The molecule has 3 heteroatoms. The lowest BCUT2D eigenvalue weighted by Gasteiger charge is -2.22. The van der Waals surface area contributed by atoms with Gasteiger partial charge in [-0.25, -0.2) is 0 Å². The van der Waals surface area contributed by atoms with Gasteiger partial charge in [0.1, 0.15) is 5.75 Å². The number of aliphatic hydroxyl groups is 1. The van der Waals surface area contributed by atoms with Crippen LogP contribution in [0.2, 0.25) is 0 Å². The molecule has 0 radical (unpaired) electrons. The molecular formula is C14H20O2S. The third-order valence-electron chi connectivity index (χ3n) is 2.95. The van der Waals surface area contributed by atoms with Gasteiger partial charge in [-0.3, -0.25) is 0 Å². The zero-order chi connectivity index (χ0) is 12.1. The SMILES string of the molecule is CCCSCC(O)c1cccc2c1OCCC2. The molecule has 0 fully saturated rings. The third kappa shape index (κ3) is 3.17. The van der Waals surface area contributed by atoms with E-state index in [-0.39, 0.29) is 0 Å². The smallest absolute Gasteiger partial charge is 0.128 e. The Balaban J connectivity index is 2.09. The summed E-state index contributed by atoms with van der Waals surface area (Å²) in [5.41, 5.74) is 2.21. The van der Waals surface area contributed by atoms with Crippen LogP contribution in [0.25, 0.3) is 0 Å². The lowest BCUT2D eigenvalue weighted by atomic mass is 10.00. The van der Waals surface area contributed by atoms with Crippen LogP contribution in [0.4, 0.5) is 0 Å². The van der Waals surface area contributed by atoms with Crippen molar-refractivity contribution in [1.82, 2.24) is 0 Å². The van der Waals surface area contributed by atoms with Gasteiger partial charge in [-0.05, 0) is 30.6 Å². The molecule has 1 atom stereocenters. The van der Waals surface area contributed by atoms with Crippen molar-refractivity contribution in [2.75, 3.05) is 18.1 Å². The van der Waals surface area contributed by atoms with Crippen molar-refractivity contribution in [1.29, 1.82) is 0 Å². The Kier molecular flexibility index (Phi) is 4.75. The molecule has 1 unspecified atom stereocenters. The van der Waals surface area contributed by atoms with E-state index in [1.807, 2.05) is 12.1 Å². The minimum absolute atomic E-state index is 0.403. The second kappa shape index (κ2) is 6.31. The standard InChI is InChI=1S/C14H20O2S/c1-2-9-17-10-13(15)12-7-3-5-11-6-4-8-16-14(11)12/h3,5,7,13,15H,2,4,6,8-10H2,1H3. The van der Waals surface area contributed by atoms with Crippen LogP contribution in [0.3, 0.4) is 0 Å². The van der Waals surface area contributed by atoms with E-state index in [0.717, 1.165) is 48.7 Å². The predicted octanol–water partition coefficient (Wildman–Crippen LogP) is 3.19. The quantitative estimate of drug-likeness (QED) is 0.816. The Labute approximate surface area is 107 Å². The number of benzene rings is 1. The summed E-state index contributed by atoms with van der Waals surface area (Å²) in [6.07, 6.45) is 2.90. The normalized spacial score (nSPS) is 16.1. The van der Waals surface area contributed by atoms with E-state index in [1.54, 1.807) is 11.8 Å². The number of aryl methyl sites for hydroxylation is 1. The number of hydrogen-bond donors (Lipinski definition) is 1. The first kappa shape index (κ1) is 12.8. The lowest BCUT2D eigenvalue weighted by Crippen LogP contribution is -2.13. The molecule has 0 aliphatic carbocycles. The number of hydrogen-bond acceptors (Lipinski definition) is 3. The van der Waals surface area contributed by atoms with Gasteiger partial charge in [0.15, 0.2) is 0 Å². The van der Waals surface area contributed by atoms with Crippen molar-refractivity contribution in [3.05, 3.63) is 29.3 Å². The molecule has 1 aromatic carbocycles. The summed E-state index contributed by atoms with van der Waals surface area (Å²) in [6, 6.07) is 6.11. The van der Waals surface area contributed by atoms with Crippen LogP contribution in [0.5, 0.6) is 5.75 Å². The van der Waals surface area contributed by atoms with E-state index < -0.39 is 6.10 Å². The second-order valence-corrected chi connectivity index (χ2v) is 5.53. The monoisotopic (exact) mass is 252 g/mol. The number of ether oxygens (including phenoxy) is 1. The maximum Gasteiger partial charge on any atom is 0.128 e.